The van der Waals surface area contributed by atoms with Crippen molar-refractivity contribution in [2.75, 3.05) is 32.8 Å². The zero-order valence-electron chi connectivity index (χ0n) is 9.06. The van der Waals surface area contributed by atoms with Crippen molar-refractivity contribution in [2.45, 2.75) is 20.3 Å². The summed E-state index contributed by atoms with van der Waals surface area (Å²) in [6.45, 7) is 8.10. The Balaban J connectivity index is 2.03. The van der Waals surface area contributed by atoms with E-state index in [0.717, 1.165) is 32.8 Å². The van der Waals surface area contributed by atoms with Crippen molar-refractivity contribution in [1.29, 1.82) is 0 Å². The van der Waals surface area contributed by atoms with E-state index < -0.39 is 0 Å². The van der Waals surface area contributed by atoms with E-state index >= 15 is 0 Å². The summed E-state index contributed by atoms with van der Waals surface area (Å²) in [7, 11) is 0. The second-order valence-corrected chi connectivity index (χ2v) is 4.18. The molecule has 1 saturated heterocycles. The number of nitrogens with one attached hydrogen (secondary N) is 2. The van der Waals surface area contributed by atoms with E-state index in [0.29, 0.717) is 6.42 Å². The maximum Gasteiger partial charge on any atom is 0.221 e. The molecule has 0 bridgehead atoms. The number of amides is 1. The molecule has 1 fully saturated rings. The molecule has 4 nitrogen and oxygen atoms in total. The molecule has 0 saturated carbocycles. The van der Waals surface area contributed by atoms with Gasteiger partial charge >= 0.3 is 0 Å². The molecule has 0 spiro atoms. The number of hydrogen-bond donors (Lipinski definition) is 2. The summed E-state index contributed by atoms with van der Waals surface area (Å²) in [5, 5.41) is 6.04. The summed E-state index contributed by atoms with van der Waals surface area (Å²) in [5.41, 5.74) is 0.174. The molecular formula is C10H20N2O2. The number of hydrogen-bond acceptors (Lipinski definition) is 3. The fourth-order valence-electron chi connectivity index (χ4n) is 1.33. The standard InChI is InChI=1S/C10H20N2O2/c1-3-11-5-4-9(13)12-6-10(2)7-14-8-10/h11H,3-8H2,1-2H3,(H,12,13). The van der Waals surface area contributed by atoms with Gasteiger partial charge in [0.25, 0.3) is 0 Å². The van der Waals surface area contributed by atoms with E-state index in [2.05, 4.69) is 17.6 Å². The molecule has 14 heavy (non-hydrogen) atoms. The molecule has 0 unspecified atom stereocenters. The van der Waals surface area contributed by atoms with Crippen LogP contribution in [0, 0.1) is 5.41 Å². The maximum atomic E-state index is 11.3. The minimum Gasteiger partial charge on any atom is -0.380 e. The predicted molar refractivity (Wildman–Crippen MR) is 55.1 cm³/mol. The molecule has 1 aliphatic rings. The molecule has 82 valence electrons. The number of rotatable bonds is 6. The van der Waals surface area contributed by atoms with Crippen molar-refractivity contribution < 1.29 is 9.53 Å². The van der Waals surface area contributed by atoms with E-state index in [1.54, 1.807) is 0 Å². The summed E-state index contributed by atoms with van der Waals surface area (Å²) >= 11 is 0. The lowest BCUT2D eigenvalue weighted by Crippen LogP contribution is -2.48. The van der Waals surface area contributed by atoms with E-state index in [9.17, 15) is 4.79 Å². The van der Waals surface area contributed by atoms with Gasteiger partial charge in [-0.3, -0.25) is 4.79 Å². The Morgan fingerprint density at radius 3 is 2.71 bits per heavy atom. The highest BCUT2D eigenvalue weighted by molar-refractivity contribution is 5.76. The molecule has 0 atom stereocenters. The normalized spacial score (nSPS) is 18.7. The average Bonchev–Trinajstić information content (AvgIpc) is 2.12. The Kier molecular flexibility index (Phi) is 4.35. The van der Waals surface area contributed by atoms with Crippen molar-refractivity contribution >= 4 is 5.91 Å². The van der Waals surface area contributed by atoms with Gasteiger partial charge in [0.15, 0.2) is 0 Å². The summed E-state index contributed by atoms with van der Waals surface area (Å²) in [5.74, 6) is 0.124. The van der Waals surface area contributed by atoms with Gasteiger partial charge in [-0.05, 0) is 6.54 Å². The number of ether oxygens (including phenoxy) is 1. The summed E-state index contributed by atoms with van der Waals surface area (Å²) in [6.07, 6.45) is 0.560. The molecule has 0 aromatic carbocycles. The fraction of sp³-hybridized carbons (Fsp3) is 0.900. The van der Waals surface area contributed by atoms with Gasteiger partial charge in [-0.25, -0.2) is 0 Å². The van der Waals surface area contributed by atoms with Gasteiger partial charge in [-0.15, -0.1) is 0 Å². The largest absolute Gasteiger partial charge is 0.380 e. The molecule has 1 aliphatic heterocycles. The minimum atomic E-state index is 0.124. The Morgan fingerprint density at radius 1 is 1.50 bits per heavy atom. The average molecular weight is 200 g/mol. The molecule has 0 aliphatic carbocycles. The SMILES string of the molecule is CCNCCC(=O)NCC1(C)COC1. The van der Waals surface area contributed by atoms with Crippen molar-refractivity contribution in [3.05, 3.63) is 0 Å². The van der Waals surface area contributed by atoms with Crippen molar-refractivity contribution in [1.82, 2.24) is 10.6 Å². The first-order valence-electron chi connectivity index (χ1n) is 5.21. The van der Waals surface area contributed by atoms with Gasteiger partial charge in [0.1, 0.15) is 0 Å². The van der Waals surface area contributed by atoms with E-state index in [1.807, 2.05) is 6.92 Å². The van der Waals surface area contributed by atoms with E-state index in [1.165, 1.54) is 0 Å². The third kappa shape index (κ3) is 3.64. The Hall–Kier alpha value is -0.610. The zero-order chi connectivity index (χ0) is 10.4. The third-order valence-electron chi connectivity index (χ3n) is 2.39. The van der Waals surface area contributed by atoms with E-state index in [4.69, 9.17) is 4.74 Å². The molecule has 1 rings (SSSR count). The van der Waals surface area contributed by atoms with Crippen LogP contribution in [0.4, 0.5) is 0 Å². The molecule has 1 heterocycles. The highest BCUT2D eigenvalue weighted by Gasteiger charge is 2.33. The van der Waals surface area contributed by atoms with Gasteiger partial charge in [-0.1, -0.05) is 13.8 Å². The predicted octanol–water partition coefficient (Wildman–Crippen LogP) is 0.139. The summed E-state index contributed by atoms with van der Waals surface area (Å²) < 4.78 is 5.11. The monoisotopic (exact) mass is 200 g/mol. The quantitative estimate of drug-likeness (QED) is 0.600. The van der Waals surface area contributed by atoms with Crippen molar-refractivity contribution in [3.63, 3.8) is 0 Å². The van der Waals surface area contributed by atoms with Gasteiger partial charge in [0.05, 0.1) is 13.2 Å². The van der Waals surface area contributed by atoms with Gasteiger partial charge < -0.3 is 15.4 Å². The highest BCUT2D eigenvalue weighted by Crippen LogP contribution is 2.24. The van der Waals surface area contributed by atoms with Crippen LogP contribution in [0.2, 0.25) is 0 Å². The Morgan fingerprint density at radius 2 is 2.21 bits per heavy atom. The van der Waals surface area contributed by atoms with Crippen molar-refractivity contribution in [2.24, 2.45) is 5.41 Å². The van der Waals surface area contributed by atoms with Crippen LogP contribution in [-0.2, 0) is 9.53 Å². The van der Waals surface area contributed by atoms with Gasteiger partial charge in [0.2, 0.25) is 5.91 Å². The molecular weight excluding hydrogens is 180 g/mol. The zero-order valence-corrected chi connectivity index (χ0v) is 9.06. The van der Waals surface area contributed by atoms with Crippen LogP contribution >= 0.6 is 0 Å². The molecule has 0 radical (unpaired) electrons. The Labute approximate surface area is 85.4 Å². The fourth-order valence-corrected chi connectivity index (χ4v) is 1.33. The summed E-state index contributed by atoms with van der Waals surface area (Å²) in [6, 6.07) is 0. The minimum absolute atomic E-state index is 0.124. The van der Waals surface area contributed by atoms with Gasteiger partial charge in [-0.2, -0.15) is 0 Å². The second-order valence-electron chi connectivity index (χ2n) is 4.18. The van der Waals surface area contributed by atoms with Crippen LogP contribution < -0.4 is 10.6 Å². The van der Waals surface area contributed by atoms with Crippen LogP contribution in [0.25, 0.3) is 0 Å². The smallest absolute Gasteiger partial charge is 0.221 e. The molecule has 0 aromatic rings. The van der Waals surface area contributed by atoms with Crippen LogP contribution in [-0.4, -0.2) is 38.8 Å². The maximum absolute atomic E-state index is 11.3. The lowest BCUT2D eigenvalue weighted by Gasteiger charge is -2.38. The molecule has 2 N–H and O–H groups in total. The molecule has 4 heteroatoms. The highest BCUT2D eigenvalue weighted by atomic mass is 16.5. The van der Waals surface area contributed by atoms with Crippen LogP contribution in [0.3, 0.4) is 0 Å². The lowest BCUT2D eigenvalue weighted by molar-refractivity contribution is -0.126. The summed E-state index contributed by atoms with van der Waals surface area (Å²) in [4.78, 5) is 11.3. The van der Waals surface area contributed by atoms with Gasteiger partial charge in [0, 0.05) is 24.9 Å². The Bertz CT molecular complexity index is 191. The van der Waals surface area contributed by atoms with Crippen LogP contribution in [0.1, 0.15) is 20.3 Å². The third-order valence-corrected chi connectivity index (χ3v) is 2.39. The number of carbonyl (C=O) groups is 1. The molecule has 0 aromatic heterocycles. The van der Waals surface area contributed by atoms with Crippen LogP contribution in [0.5, 0.6) is 0 Å². The first kappa shape index (κ1) is 11.5. The topological polar surface area (TPSA) is 50.4 Å². The van der Waals surface area contributed by atoms with Crippen molar-refractivity contribution in [3.8, 4) is 0 Å². The first-order chi connectivity index (χ1) is 6.66. The lowest BCUT2D eigenvalue weighted by atomic mass is 9.89. The second kappa shape index (κ2) is 5.32. The van der Waals surface area contributed by atoms with Crippen LogP contribution in [0.15, 0.2) is 0 Å². The molecule has 1 amide bonds. The first-order valence-corrected chi connectivity index (χ1v) is 5.21. The van der Waals surface area contributed by atoms with E-state index in [-0.39, 0.29) is 11.3 Å². The number of carbonyl (C=O) groups excluding carboxylic acids is 1.